The third-order valence-corrected chi connectivity index (χ3v) is 10.7. The van der Waals surface area contributed by atoms with Crippen LogP contribution in [-0.2, 0) is 14.3 Å². The molecular formula is C27H55NO3SSi. The van der Waals surface area contributed by atoms with Gasteiger partial charge in [-0.2, -0.15) is 0 Å². The van der Waals surface area contributed by atoms with Crippen molar-refractivity contribution < 1.29 is 14.3 Å². The first-order valence-electron chi connectivity index (χ1n) is 14.3. The van der Waals surface area contributed by atoms with Crippen molar-refractivity contribution in [2.75, 3.05) is 25.7 Å². The molecule has 0 spiro atoms. The first-order chi connectivity index (χ1) is 16.2. The lowest BCUT2D eigenvalue weighted by Gasteiger charge is -2.25. The molecule has 0 aromatic carbocycles. The zero-order valence-corrected chi connectivity index (χ0v) is 24.0. The minimum absolute atomic E-state index is 0.249. The summed E-state index contributed by atoms with van der Waals surface area (Å²) >= 11 is 1.48. The van der Waals surface area contributed by atoms with Gasteiger partial charge in [0.15, 0.2) is 5.12 Å². The van der Waals surface area contributed by atoms with Gasteiger partial charge in [0.2, 0.25) is 0 Å². The Morgan fingerprint density at radius 2 is 1.55 bits per heavy atom. The Kier molecular flexibility index (Phi) is 22.5. The van der Waals surface area contributed by atoms with E-state index < -0.39 is 8.96 Å². The van der Waals surface area contributed by atoms with Gasteiger partial charge in [-0.3, -0.25) is 4.79 Å². The second-order valence-corrected chi connectivity index (χ2v) is 14.1. The number of carbonyl (C=O) groups excluding carboxylic acids is 1. The standard InChI is InChI=1S/C27H55NO3SSi/c1-3-4-5-6-7-8-9-10-11-12-13-14-15-21-30-25-31-27-18-16-23-33(28-20-19-27)24-17-22-32-26(2)29/h27-28,33H,3-25H2,1-2H3. The van der Waals surface area contributed by atoms with E-state index in [1.54, 1.807) is 6.92 Å². The summed E-state index contributed by atoms with van der Waals surface area (Å²) in [5.74, 6) is 0.989. The first kappa shape index (κ1) is 31.1. The SMILES string of the molecule is CCCCCCCCCCCCCCCOCOC1CCC[SiH](CCCSC(C)=O)NCC1. The number of thioether (sulfide) groups is 1. The third-order valence-electron chi connectivity index (χ3n) is 6.76. The molecule has 2 unspecified atom stereocenters. The molecule has 1 fully saturated rings. The summed E-state index contributed by atoms with van der Waals surface area (Å²) in [6.45, 7) is 6.34. The molecule has 0 aromatic heterocycles. The van der Waals surface area contributed by atoms with Gasteiger partial charge < -0.3 is 14.5 Å². The van der Waals surface area contributed by atoms with Gasteiger partial charge in [0.05, 0.1) is 6.10 Å². The number of carbonyl (C=O) groups is 1. The van der Waals surface area contributed by atoms with Crippen molar-refractivity contribution in [2.24, 2.45) is 0 Å². The van der Waals surface area contributed by atoms with Gasteiger partial charge in [0.25, 0.3) is 0 Å². The Labute approximate surface area is 211 Å². The summed E-state index contributed by atoms with van der Waals surface area (Å²) in [6.07, 6.45) is 23.1. The maximum atomic E-state index is 11.0. The second kappa shape index (κ2) is 23.8. The van der Waals surface area contributed by atoms with E-state index in [-0.39, 0.29) is 5.12 Å². The van der Waals surface area contributed by atoms with Crippen molar-refractivity contribution in [1.29, 1.82) is 0 Å². The van der Waals surface area contributed by atoms with Crippen molar-refractivity contribution in [1.82, 2.24) is 4.98 Å². The Hall–Kier alpha value is 0.117. The van der Waals surface area contributed by atoms with E-state index in [1.807, 2.05) is 0 Å². The smallest absolute Gasteiger partial charge is 0.185 e. The van der Waals surface area contributed by atoms with Gasteiger partial charge in [0.1, 0.15) is 15.8 Å². The Balaban J connectivity index is 1.83. The minimum atomic E-state index is -0.819. The Bertz CT molecular complexity index is 432. The van der Waals surface area contributed by atoms with Crippen LogP contribution in [0.4, 0.5) is 0 Å². The quantitative estimate of drug-likeness (QED) is 0.0996. The van der Waals surface area contributed by atoms with E-state index in [9.17, 15) is 4.79 Å². The number of hydrogen-bond donors (Lipinski definition) is 1. The molecule has 1 aliphatic rings. The lowest BCUT2D eigenvalue weighted by molar-refractivity contribution is -0.109. The third kappa shape index (κ3) is 21.1. The molecule has 0 aliphatic carbocycles. The molecule has 2 atom stereocenters. The molecule has 1 saturated heterocycles. The molecule has 1 heterocycles. The van der Waals surface area contributed by atoms with Crippen molar-refractivity contribution in [3.05, 3.63) is 0 Å². The van der Waals surface area contributed by atoms with E-state index in [2.05, 4.69) is 11.9 Å². The molecule has 4 nitrogen and oxygen atoms in total. The predicted molar refractivity (Wildman–Crippen MR) is 148 cm³/mol. The lowest BCUT2D eigenvalue weighted by atomic mass is 10.0. The Morgan fingerprint density at radius 1 is 0.909 bits per heavy atom. The fourth-order valence-electron chi connectivity index (χ4n) is 4.67. The van der Waals surface area contributed by atoms with Crippen LogP contribution in [0.2, 0.25) is 12.1 Å². The number of rotatable bonds is 21. The number of unbranched alkanes of at least 4 members (excludes halogenated alkanes) is 12. The first-order valence-corrected chi connectivity index (χ1v) is 17.5. The minimum Gasteiger partial charge on any atom is -0.355 e. The fraction of sp³-hybridized carbons (Fsp3) is 0.963. The highest BCUT2D eigenvalue weighted by molar-refractivity contribution is 8.13. The van der Waals surface area contributed by atoms with Gasteiger partial charge in [-0.25, -0.2) is 0 Å². The summed E-state index contributed by atoms with van der Waals surface area (Å²) < 4.78 is 11.8. The van der Waals surface area contributed by atoms with E-state index in [0.29, 0.717) is 12.9 Å². The second-order valence-electron chi connectivity index (χ2n) is 9.91. The Morgan fingerprint density at radius 3 is 2.18 bits per heavy atom. The van der Waals surface area contributed by atoms with Crippen LogP contribution < -0.4 is 4.98 Å². The summed E-state index contributed by atoms with van der Waals surface area (Å²) in [5, 5.41) is 0.249. The van der Waals surface area contributed by atoms with Gasteiger partial charge in [0, 0.05) is 19.3 Å². The molecule has 0 amide bonds. The highest BCUT2D eigenvalue weighted by Gasteiger charge is 2.17. The normalized spacial score (nSPS) is 19.3. The zero-order chi connectivity index (χ0) is 23.8. The molecular weight excluding hydrogens is 446 g/mol. The monoisotopic (exact) mass is 501 g/mol. The molecule has 0 bridgehead atoms. The van der Waals surface area contributed by atoms with Gasteiger partial charge >= 0.3 is 0 Å². The molecule has 33 heavy (non-hydrogen) atoms. The number of nitrogens with one attached hydrogen (secondary N) is 1. The molecule has 196 valence electrons. The van der Waals surface area contributed by atoms with Crippen molar-refractivity contribution in [3.63, 3.8) is 0 Å². The lowest BCUT2D eigenvalue weighted by Crippen LogP contribution is -2.38. The van der Waals surface area contributed by atoms with Crippen LogP contribution in [-0.4, -0.2) is 45.9 Å². The largest absolute Gasteiger partial charge is 0.355 e. The zero-order valence-electron chi connectivity index (χ0n) is 22.1. The van der Waals surface area contributed by atoms with Crippen molar-refractivity contribution in [3.8, 4) is 0 Å². The van der Waals surface area contributed by atoms with E-state index >= 15 is 0 Å². The summed E-state index contributed by atoms with van der Waals surface area (Å²) in [6, 6.07) is 2.67. The fourth-order valence-corrected chi connectivity index (χ4v) is 8.26. The van der Waals surface area contributed by atoms with Gasteiger partial charge in [-0.05, 0) is 44.3 Å². The van der Waals surface area contributed by atoms with E-state index in [0.717, 1.165) is 25.3 Å². The summed E-state index contributed by atoms with van der Waals surface area (Å²) in [5.41, 5.74) is 0. The van der Waals surface area contributed by atoms with Crippen LogP contribution in [0.25, 0.3) is 0 Å². The van der Waals surface area contributed by atoms with Gasteiger partial charge in [-0.15, -0.1) is 0 Å². The highest BCUT2D eigenvalue weighted by atomic mass is 32.2. The molecule has 0 saturated carbocycles. The van der Waals surface area contributed by atoms with Crippen molar-refractivity contribution in [2.45, 2.75) is 141 Å². The van der Waals surface area contributed by atoms with Gasteiger partial charge in [-0.1, -0.05) is 102 Å². The number of hydrogen-bond acceptors (Lipinski definition) is 5. The van der Waals surface area contributed by atoms with Crippen LogP contribution in [0, 0.1) is 0 Å². The topological polar surface area (TPSA) is 47.6 Å². The van der Waals surface area contributed by atoms with E-state index in [4.69, 9.17) is 9.47 Å². The van der Waals surface area contributed by atoms with Crippen LogP contribution in [0.15, 0.2) is 0 Å². The molecule has 0 radical (unpaired) electrons. The average Bonchev–Trinajstić information content (AvgIpc) is 2.78. The molecule has 0 aromatic rings. The molecule has 1 aliphatic heterocycles. The van der Waals surface area contributed by atoms with E-state index in [1.165, 1.54) is 127 Å². The maximum Gasteiger partial charge on any atom is 0.185 e. The van der Waals surface area contributed by atoms with Crippen LogP contribution in [0.5, 0.6) is 0 Å². The summed E-state index contributed by atoms with van der Waals surface area (Å²) in [7, 11) is -0.819. The van der Waals surface area contributed by atoms with Crippen LogP contribution >= 0.6 is 11.8 Å². The predicted octanol–water partition coefficient (Wildman–Crippen LogP) is 7.60. The van der Waals surface area contributed by atoms with Crippen LogP contribution in [0.3, 0.4) is 0 Å². The van der Waals surface area contributed by atoms with Crippen molar-refractivity contribution >= 4 is 25.8 Å². The maximum absolute atomic E-state index is 11.0. The average molecular weight is 502 g/mol. The number of ether oxygens (including phenoxy) is 2. The molecule has 1 rings (SSSR count). The highest BCUT2D eigenvalue weighted by Crippen LogP contribution is 2.17. The van der Waals surface area contributed by atoms with Crippen LogP contribution in [0.1, 0.15) is 123 Å². The summed E-state index contributed by atoms with van der Waals surface area (Å²) in [4.78, 5) is 14.8. The molecule has 1 N–H and O–H groups in total. The molecule has 6 heteroatoms.